The van der Waals surface area contributed by atoms with Crippen molar-refractivity contribution in [2.24, 2.45) is 5.92 Å². The molecule has 1 fully saturated rings. The van der Waals surface area contributed by atoms with Crippen LogP contribution in [0.5, 0.6) is 0 Å². The summed E-state index contributed by atoms with van der Waals surface area (Å²) in [5, 5.41) is 0. The van der Waals surface area contributed by atoms with Gasteiger partial charge >= 0.3 is 0 Å². The van der Waals surface area contributed by atoms with Gasteiger partial charge in [0.2, 0.25) is 0 Å². The highest BCUT2D eigenvalue weighted by Crippen LogP contribution is 2.21. The van der Waals surface area contributed by atoms with Crippen molar-refractivity contribution in [1.82, 2.24) is 4.90 Å². The van der Waals surface area contributed by atoms with Gasteiger partial charge in [-0.05, 0) is 77.6 Å². The molecule has 1 aromatic carbocycles. The number of likely N-dealkylation sites (tertiary alicyclic amines) is 1. The molecule has 94 valence electrons. The summed E-state index contributed by atoms with van der Waals surface area (Å²) in [5.41, 5.74) is 1.46. The largest absolute Gasteiger partial charge is 0.299 e. The van der Waals surface area contributed by atoms with E-state index in [0.29, 0.717) is 0 Å². The molecule has 1 heterocycles. The molecule has 2 rings (SSSR count). The van der Waals surface area contributed by atoms with E-state index in [4.69, 9.17) is 0 Å². The Kier molecular flexibility index (Phi) is 5.63. The number of rotatable bonds is 4. The summed E-state index contributed by atoms with van der Waals surface area (Å²) >= 11 is 4.39. The van der Waals surface area contributed by atoms with Crippen LogP contribution in [-0.2, 0) is 6.54 Å². The van der Waals surface area contributed by atoms with E-state index in [1.165, 1.54) is 40.8 Å². The van der Waals surface area contributed by atoms with Crippen molar-refractivity contribution in [3.05, 3.63) is 33.4 Å². The Hall–Kier alpha value is 0.260. The van der Waals surface area contributed by atoms with E-state index in [-0.39, 0.29) is 0 Å². The molecule has 1 aliphatic heterocycles. The first-order valence-corrected chi connectivity index (χ1v) is 8.71. The second-order valence-corrected chi connectivity index (χ2v) is 6.98. The molecule has 0 N–H and O–H groups in total. The Morgan fingerprint density at radius 2 is 2.35 bits per heavy atom. The van der Waals surface area contributed by atoms with Gasteiger partial charge in [-0.15, -0.1) is 0 Å². The molecule has 3 heteroatoms. The lowest BCUT2D eigenvalue weighted by atomic mass is 9.99. The first kappa shape index (κ1) is 13.7. The van der Waals surface area contributed by atoms with Crippen molar-refractivity contribution < 1.29 is 0 Å². The maximum atomic E-state index is 2.62. The van der Waals surface area contributed by atoms with Gasteiger partial charge in [0.25, 0.3) is 0 Å². The molecule has 1 unspecified atom stereocenters. The number of halogens is 1. The zero-order valence-electron chi connectivity index (χ0n) is 10.4. The normalized spacial score (nSPS) is 21.6. The van der Waals surface area contributed by atoms with Crippen molar-refractivity contribution in [3.63, 3.8) is 0 Å². The molecular formula is C14H20INS. The van der Waals surface area contributed by atoms with Crippen LogP contribution in [0.25, 0.3) is 0 Å². The van der Waals surface area contributed by atoms with Crippen molar-refractivity contribution in [3.8, 4) is 0 Å². The van der Waals surface area contributed by atoms with Crippen molar-refractivity contribution in [2.75, 3.05) is 25.1 Å². The van der Waals surface area contributed by atoms with Gasteiger partial charge in [0.05, 0.1) is 0 Å². The van der Waals surface area contributed by atoms with Crippen LogP contribution in [0.1, 0.15) is 18.4 Å². The summed E-state index contributed by atoms with van der Waals surface area (Å²) in [7, 11) is 0. The molecule has 0 bridgehead atoms. The third-order valence-electron chi connectivity index (χ3n) is 3.30. The van der Waals surface area contributed by atoms with Crippen LogP contribution in [-0.4, -0.2) is 30.0 Å². The number of hydrogen-bond acceptors (Lipinski definition) is 2. The van der Waals surface area contributed by atoms with Crippen molar-refractivity contribution in [1.29, 1.82) is 0 Å². The SMILES string of the molecule is CSCC1CCCN(Cc2cccc(I)c2)C1. The first-order chi connectivity index (χ1) is 8.28. The summed E-state index contributed by atoms with van der Waals surface area (Å²) in [6.45, 7) is 3.68. The van der Waals surface area contributed by atoms with Crippen molar-refractivity contribution >= 4 is 34.4 Å². The quantitative estimate of drug-likeness (QED) is 0.749. The van der Waals surface area contributed by atoms with E-state index in [1.807, 2.05) is 11.8 Å². The fourth-order valence-corrected chi connectivity index (χ4v) is 3.91. The zero-order chi connectivity index (χ0) is 12.1. The minimum absolute atomic E-state index is 0.904. The summed E-state index contributed by atoms with van der Waals surface area (Å²) in [6, 6.07) is 8.89. The highest BCUT2D eigenvalue weighted by Gasteiger charge is 2.19. The molecule has 0 amide bonds. The van der Waals surface area contributed by atoms with Crippen LogP contribution in [0.4, 0.5) is 0 Å². The van der Waals surface area contributed by atoms with Crippen LogP contribution in [0.15, 0.2) is 24.3 Å². The van der Waals surface area contributed by atoms with E-state index in [2.05, 4.69) is 58.0 Å². The Labute approximate surface area is 122 Å². The molecule has 0 radical (unpaired) electrons. The predicted molar refractivity (Wildman–Crippen MR) is 85.5 cm³/mol. The number of benzene rings is 1. The highest BCUT2D eigenvalue weighted by atomic mass is 127. The molecule has 1 aromatic rings. The van der Waals surface area contributed by atoms with E-state index in [9.17, 15) is 0 Å². The topological polar surface area (TPSA) is 3.24 Å². The van der Waals surface area contributed by atoms with Crippen LogP contribution in [0, 0.1) is 9.49 Å². The van der Waals surface area contributed by atoms with E-state index in [1.54, 1.807) is 0 Å². The number of nitrogens with zero attached hydrogens (tertiary/aromatic N) is 1. The van der Waals surface area contributed by atoms with Crippen LogP contribution in [0.3, 0.4) is 0 Å². The summed E-state index contributed by atoms with van der Waals surface area (Å²) in [6.07, 6.45) is 5.01. The Balaban J connectivity index is 1.90. The summed E-state index contributed by atoms with van der Waals surface area (Å²) in [5.74, 6) is 2.23. The van der Waals surface area contributed by atoms with E-state index < -0.39 is 0 Å². The average molecular weight is 361 g/mol. The smallest absolute Gasteiger partial charge is 0.0234 e. The third kappa shape index (κ3) is 4.45. The molecule has 0 spiro atoms. The standard InChI is InChI=1S/C14H20INS/c1-17-11-13-5-3-7-16(10-13)9-12-4-2-6-14(15)8-12/h2,4,6,8,13H,3,5,7,9-11H2,1H3. The van der Waals surface area contributed by atoms with E-state index in [0.717, 1.165) is 12.5 Å². The molecule has 0 saturated carbocycles. The van der Waals surface area contributed by atoms with Gasteiger partial charge < -0.3 is 0 Å². The summed E-state index contributed by atoms with van der Waals surface area (Å²) in [4.78, 5) is 2.62. The van der Waals surface area contributed by atoms with Gasteiger partial charge in [-0.2, -0.15) is 11.8 Å². The van der Waals surface area contributed by atoms with Crippen LogP contribution < -0.4 is 0 Å². The number of thioether (sulfide) groups is 1. The minimum Gasteiger partial charge on any atom is -0.299 e. The Bertz CT molecular complexity index is 354. The van der Waals surface area contributed by atoms with Gasteiger partial charge in [0, 0.05) is 16.7 Å². The van der Waals surface area contributed by atoms with Gasteiger partial charge in [0.15, 0.2) is 0 Å². The number of hydrogen-bond donors (Lipinski definition) is 0. The monoisotopic (exact) mass is 361 g/mol. The van der Waals surface area contributed by atoms with E-state index >= 15 is 0 Å². The Morgan fingerprint density at radius 3 is 3.12 bits per heavy atom. The van der Waals surface area contributed by atoms with Gasteiger partial charge in [-0.3, -0.25) is 4.90 Å². The van der Waals surface area contributed by atoms with Crippen LogP contribution in [0.2, 0.25) is 0 Å². The second kappa shape index (κ2) is 7.00. The number of piperidine rings is 1. The first-order valence-electron chi connectivity index (χ1n) is 6.23. The lowest BCUT2D eigenvalue weighted by molar-refractivity contribution is 0.179. The Morgan fingerprint density at radius 1 is 1.47 bits per heavy atom. The lowest BCUT2D eigenvalue weighted by Gasteiger charge is -2.32. The summed E-state index contributed by atoms with van der Waals surface area (Å²) < 4.78 is 1.35. The highest BCUT2D eigenvalue weighted by molar-refractivity contribution is 14.1. The average Bonchev–Trinajstić information content (AvgIpc) is 2.30. The van der Waals surface area contributed by atoms with Crippen molar-refractivity contribution in [2.45, 2.75) is 19.4 Å². The van der Waals surface area contributed by atoms with Gasteiger partial charge in [0.1, 0.15) is 0 Å². The molecule has 1 aliphatic rings. The third-order valence-corrected chi connectivity index (χ3v) is 4.78. The zero-order valence-corrected chi connectivity index (χ0v) is 13.3. The maximum Gasteiger partial charge on any atom is 0.0234 e. The molecule has 1 atom stereocenters. The lowest BCUT2D eigenvalue weighted by Crippen LogP contribution is -2.35. The minimum atomic E-state index is 0.904. The molecule has 1 nitrogen and oxygen atoms in total. The fourth-order valence-electron chi connectivity index (χ4n) is 2.56. The van der Waals surface area contributed by atoms with Crippen LogP contribution >= 0.6 is 34.4 Å². The molecule has 0 aromatic heterocycles. The molecular weight excluding hydrogens is 341 g/mol. The second-order valence-electron chi connectivity index (χ2n) is 4.83. The van der Waals surface area contributed by atoms with Gasteiger partial charge in [-0.25, -0.2) is 0 Å². The molecule has 1 saturated heterocycles. The fraction of sp³-hybridized carbons (Fsp3) is 0.571. The predicted octanol–water partition coefficient (Wildman–Crippen LogP) is 3.87. The maximum absolute atomic E-state index is 2.62. The molecule has 0 aliphatic carbocycles. The van der Waals surface area contributed by atoms with Gasteiger partial charge in [-0.1, -0.05) is 12.1 Å². The molecule has 17 heavy (non-hydrogen) atoms.